The second-order valence-corrected chi connectivity index (χ2v) is 5.98. The van der Waals surface area contributed by atoms with Gasteiger partial charge in [0.1, 0.15) is 11.9 Å². The fourth-order valence-corrected chi connectivity index (χ4v) is 2.43. The number of carbonyl (C=O) groups excluding carboxylic acids is 2. The Morgan fingerprint density at radius 1 is 1.39 bits per heavy atom. The smallest absolute Gasteiger partial charge is 0.287 e. The first kappa shape index (κ1) is 17.1. The van der Waals surface area contributed by atoms with Crippen LogP contribution in [0.5, 0.6) is 0 Å². The lowest BCUT2D eigenvalue weighted by atomic mass is 10.2. The molecule has 2 amide bonds. The van der Waals surface area contributed by atoms with E-state index in [1.807, 2.05) is 19.2 Å². The van der Waals surface area contributed by atoms with Crippen molar-refractivity contribution in [3.05, 3.63) is 48.0 Å². The zero-order valence-electron chi connectivity index (χ0n) is 13.0. The summed E-state index contributed by atoms with van der Waals surface area (Å²) in [5, 5.41) is 5.44. The molecule has 7 heteroatoms. The number of hydrogen-bond donors (Lipinski definition) is 2. The number of aromatic nitrogens is 1. The molecule has 6 nitrogen and oxygen atoms in total. The molecular formula is C16H19N3O3S. The van der Waals surface area contributed by atoms with Crippen LogP contribution in [0.3, 0.4) is 0 Å². The van der Waals surface area contributed by atoms with Crippen LogP contribution >= 0.6 is 11.8 Å². The van der Waals surface area contributed by atoms with Gasteiger partial charge in [-0.2, -0.15) is 11.8 Å². The molecule has 2 rings (SSSR count). The zero-order chi connectivity index (χ0) is 16.7. The van der Waals surface area contributed by atoms with Crippen LogP contribution in [0.1, 0.15) is 22.5 Å². The number of pyridine rings is 1. The number of aryl methyl sites for hydroxylation is 1. The predicted molar refractivity (Wildman–Crippen MR) is 90.6 cm³/mol. The average Bonchev–Trinajstić information content (AvgIpc) is 3.05. The summed E-state index contributed by atoms with van der Waals surface area (Å²) in [6, 6.07) is 6.16. The Labute approximate surface area is 139 Å². The summed E-state index contributed by atoms with van der Waals surface area (Å²) in [5.74, 6) is 0.695. The van der Waals surface area contributed by atoms with Crippen LogP contribution in [-0.2, 0) is 4.79 Å². The summed E-state index contributed by atoms with van der Waals surface area (Å²) in [6.45, 7) is 1.92. The minimum Gasteiger partial charge on any atom is -0.459 e. The molecule has 0 saturated heterocycles. The van der Waals surface area contributed by atoms with E-state index in [1.54, 1.807) is 36.2 Å². The number of anilines is 1. The van der Waals surface area contributed by atoms with E-state index >= 15 is 0 Å². The maximum Gasteiger partial charge on any atom is 0.287 e. The molecule has 2 heterocycles. The van der Waals surface area contributed by atoms with Gasteiger partial charge in [-0.05, 0) is 55.2 Å². The highest BCUT2D eigenvalue weighted by molar-refractivity contribution is 7.98. The van der Waals surface area contributed by atoms with Crippen LogP contribution in [0.15, 0.2) is 41.1 Å². The zero-order valence-corrected chi connectivity index (χ0v) is 13.9. The van der Waals surface area contributed by atoms with Crippen LogP contribution in [0, 0.1) is 6.92 Å². The molecule has 0 unspecified atom stereocenters. The third kappa shape index (κ3) is 5.14. The van der Waals surface area contributed by atoms with Crippen molar-refractivity contribution in [3.8, 4) is 0 Å². The number of furan rings is 1. The van der Waals surface area contributed by atoms with Gasteiger partial charge < -0.3 is 15.1 Å². The molecule has 0 aliphatic rings. The minimum absolute atomic E-state index is 0.181. The van der Waals surface area contributed by atoms with Gasteiger partial charge in [-0.1, -0.05) is 0 Å². The van der Waals surface area contributed by atoms with Gasteiger partial charge in [-0.15, -0.1) is 0 Å². The molecule has 0 spiro atoms. The Bertz CT molecular complexity index is 658. The largest absolute Gasteiger partial charge is 0.459 e. The number of rotatable bonds is 7. The molecule has 0 aromatic carbocycles. The molecule has 0 saturated carbocycles. The van der Waals surface area contributed by atoms with E-state index in [0.717, 1.165) is 11.3 Å². The predicted octanol–water partition coefficient (Wildman–Crippen LogP) is 2.47. The molecule has 1 atom stereocenters. The average molecular weight is 333 g/mol. The number of carbonyl (C=O) groups is 2. The van der Waals surface area contributed by atoms with Crippen molar-refractivity contribution in [3.63, 3.8) is 0 Å². The van der Waals surface area contributed by atoms with Gasteiger partial charge in [0, 0.05) is 6.20 Å². The minimum atomic E-state index is -0.651. The SMILES string of the molecule is CSCC[C@H](NC(=O)c1ccco1)C(=O)Nc1cc(C)ccn1. The van der Waals surface area contributed by atoms with E-state index < -0.39 is 11.9 Å². The monoisotopic (exact) mass is 333 g/mol. The summed E-state index contributed by atoms with van der Waals surface area (Å²) in [6.07, 6.45) is 5.52. The number of thioether (sulfide) groups is 1. The highest BCUT2D eigenvalue weighted by Gasteiger charge is 2.22. The fraction of sp³-hybridized carbons (Fsp3) is 0.312. The summed E-state index contributed by atoms with van der Waals surface area (Å²) in [4.78, 5) is 28.6. The first-order valence-corrected chi connectivity index (χ1v) is 8.56. The molecule has 122 valence electrons. The summed E-state index contributed by atoms with van der Waals surface area (Å²) < 4.78 is 5.05. The van der Waals surface area contributed by atoms with Gasteiger partial charge >= 0.3 is 0 Å². The van der Waals surface area contributed by atoms with E-state index in [0.29, 0.717) is 12.2 Å². The van der Waals surface area contributed by atoms with Gasteiger partial charge in [0.25, 0.3) is 5.91 Å². The van der Waals surface area contributed by atoms with Crippen molar-refractivity contribution >= 4 is 29.4 Å². The van der Waals surface area contributed by atoms with Crippen molar-refractivity contribution in [1.29, 1.82) is 0 Å². The molecule has 2 aromatic heterocycles. The van der Waals surface area contributed by atoms with Crippen LogP contribution in [0.4, 0.5) is 5.82 Å². The summed E-state index contributed by atoms with van der Waals surface area (Å²) in [7, 11) is 0. The fourth-order valence-electron chi connectivity index (χ4n) is 1.96. The lowest BCUT2D eigenvalue weighted by molar-refractivity contribution is -0.118. The number of amides is 2. The standard InChI is InChI=1S/C16H19N3O3S/c1-11-5-7-17-14(10-11)19-15(20)12(6-9-23-2)18-16(21)13-4-3-8-22-13/h3-5,7-8,10,12H,6,9H2,1-2H3,(H,18,21)(H,17,19,20)/t12-/m0/s1. The van der Waals surface area contributed by atoms with E-state index in [-0.39, 0.29) is 11.7 Å². The second kappa shape index (κ2) is 8.38. The van der Waals surface area contributed by atoms with Gasteiger partial charge in [0.2, 0.25) is 5.91 Å². The normalized spacial score (nSPS) is 11.7. The molecule has 2 N–H and O–H groups in total. The molecule has 0 aliphatic heterocycles. The lowest BCUT2D eigenvalue weighted by Gasteiger charge is -2.17. The summed E-state index contributed by atoms with van der Waals surface area (Å²) >= 11 is 1.61. The molecule has 0 bridgehead atoms. The highest BCUT2D eigenvalue weighted by Crippen LogP contribution is 2.09. The molecule has 2 aromatic rings. The second-order valence-electron chi connectivity index (χ2n) is 4.99. The Hall–Kier alpha value is -2.28. The molecule has 0 fully saturated rings. The molecular weight excluding hydrogens is 314 g/mol. The van der Waals surface area contributed by atoms with E-state index in [9.17, 15) is 9.59 Å². The van der Waals surface area contributed by atoms with Gasteiger partial charge in [-0.3, -0.25) is 9.59 Å². The number of nitrogens with zero attached hydrogens (tertiary/aromatic N) is 1. The molecule has 23 heavy (non-hydrogen) atoms. The van der Waals surface area contributed by atoms with E-state index in [4.69, 9.17) is 4.42 Å². The van der Waals surface area contributed by atoms with Crippen LogP contribution in [0.25, 0.3) is 0 Å². The van der Waals surface area contributed by atoms with E-state index in [1.165, 1.54) is 6.26 Å². The van der Waals surface area contributed by atoms with Crippen molar-refractivity contribution in [2.24, 2.45) is 0 Å². The molecule has 0 radical (unpaired) electrons. The third-order valence-corrected chi connectivity index (χ3v) is 3.79. The van der Waals surface area contributed by atoms with Gasteiger partial charge in [0.15, 0.2) is 5.76 Å². The topological polar surface area (TPSA) is 84.2 Å². The molecule has 0 aliphatic carbocycles. The quantitative estimate of drug-likeness (QED) is 0.813. The lowest BCUT2D eigenvalue weighted by Crippen LogP contribution is -2.44. The number of hydrogen-bond acceptors (Lipinski definition) is 5. The van der Waals surface area contributed by atoms with Crippen molar-refractivity contribution < 1.29 is 14.0 Å². The van der Waals surface area contributed by atoms with Gasteiger partial charge in [-0.25, -0.2) is 4.98 Å². The van der Waals surface area contributed by atoms with Crippen LogP contribution in [-0.4, -0.2) is 34.8 Å². The maximum atomic E-state index is 12.4. The van der Waals surface area contributed by atoms with Crippen LogP contribution in [0.2, 0.25) is 0 Å². The Morgan fingerprint density at radius 2 is 2.22 bits per heavy atom. The highest BCUT2D eigenvalue weighted by atomic mass is 32.2. The maximum absolute atomic E-state index is 12.4. The number of nitrogens with one attached hydrogen (secondary N) is 2. The third-order valence-electron chi connectivity index (χ3n) is 3.14. The Morgan fingerprint density at radius 3 is 2.87 bits per heavy atom. The van der Waals surface area contributed by atoms with Crippen molar-refractivity contribution in [2.75, 3.05) is 17.3 Å². The Kier molecular flexibility index (Phi) is 6.22. The van der Waals surface area contributed by atoms with Gasteiger partial charge in [0.05, 0.1) is 6.26 Å². The Balaban J connectivity index is 2.04. The first-order valence-electron chi connectivity index (χ1n) is 7.17. The first-order chi connectivity index (χ1) is 11.1. The summed E-state index contributed by atoms with van der Waals surface area (Å²) in [5.41, 5.74) is 0.996. The van der Waals surface area contributed by atoms with E-state index in [2.05, 4.69) is 15.6 Å². The van der Waals surface area contributed by atoms with Crippen molar-refractivity contribution in [1.82, 2.24) is 10.3 Å². The van der Waals surface area contributed by atoms with Crippen molar-refractivity contribution in [2.45, 2.75) is 19.4 Å². The van der Waals surface area contributed by atoms with Crippen LogP contribution < -0.4 is 10.6 Å².